The quantitative estimate of drug-likeness (QED) is 0.408. The Labute approximate surface area is 194 Å². The van der Waals surface area contributed by atoms with E-state index in [2.05, 4.69) is 16.0 Å². The largest absolute Gasteiger partial charge is 0.461 e. The van der Waals surface area contributed by atoms with E-state index in [9.17, 15) is 4.79 Å². The number of fused-ring (bicyclic) bond motifs is 1. The number of aromatic nitrogens is 3. The van der Waals surface area contributed by atoms with Crippen molar-refractivity contribution in [3.05, 3.63) is 65.9 Å². The Kier molecular flexibility index (Phi) is 6.13. The predicted octanol–water partition coefficient (Wildman–Crippen LogP) is 3.49. The van der Waals surface area contributed by atoms with E-state index in [1.54, 1.807) is 35.0 Å². The Bertz CT molecular complexity index is 1300. The van der Waals surface area contributed by atoms with Gasteiger partial charge in [-0.05, 0) is 24.3 Å². The molecule has 0 radical (unpaired) electrons. The molecular weight excluding hydrogens is 438 g/mol. The van der Waals surface area contributed by atoms with Crippen molar-refractivity contribution >= 4 is 22.3 Å². The molecule has 166 valence electrons. The van der Waals surface area contributed by atoms with Gasteiger partial charge in [0.15, 0.2) is 0 Å². The molecule has 1 aliphatic heterocycles. The smallest absolute Gasteiger partial charge is 0.338 e. The molecule has 9 heteroatoms. The summed E-state index contributed by atoms with van der Waals surface area (Å²) in [5, 5.41) is 14.5. The van der Waals surface area contributed by atoms with Gasteiger partial charge in [-0.15, -0.1) is 0 Å². The lowest BCUT2D eigenvalue weighted by molar-refractivity contribution is 0.0195. The number of nitrogens with zero attached hydrogens (tertiary/aromatic N) is 5. The molecule has 4 aromatic rings. The van der Waals surface area contributed by atoms with Crippen molar-refractivity contribution in [3.63, 3.8) is 0 Å². The first-order valence-electron chi connectivity index (χ1n) is 10.6. The summed E-state index contributed by atoms with van der Waals surface area (Å²) < 4.78 is 12.6. The van der Waals surface area contributed by atoms with Crippen LogP contribution in [0.15, 0.2) is 54.7 Å². The van der Waals surface area contributed by atoms with E-state index in [-0.39, 0.29) is 5.97 Å². The molecule has 3 heterocycles. The molecule has 1 fully saturated rings. The minimum absolute atomic E-state index is 0.327. The highest BCUT2D eigenvalue weighted by Gasteiger charge is 2.15. The monoisotopic (exact) mass is 459 g/mol. The van der Waals surface area contributed by atoms with Gasteiger partial charge in [0.1, 0.15) is 11.6 Å². The predicted molar refractivity (Wildman–Crippen MR) is 124 cm³/mol. The minimum atomic E-state index is -0.327. The van der Waals surface area contributed by atoms with Gasteiger partial charge in [-0.2, -0.15) is 10.4 Å². The molecule has 2 aromatic heterocycles. The van der Waals surface area contributed by atoms with E-state index in [4.69, 9.17) is 19.8 Å². The molecule has 2 aromatic carbocycles. The summed E-state index contributed by atoms with van der Waals surface area (Å²) in [6.07, 6.45) is 1.78. The van der Waals surface area contributed by atoms with Gasteiger partial charge in [-0.3, -0.25) is 4.90 Å². The van der Waals surface area contributed by atoms with Gasteiger partial charge in [0.05, 0.1) is 42.3 Å². The maximum absolute atomic E-state index is 12.4. The lowest BCUT2D eigenvalue weighted by atomic mass is 10.1. The summed E-state index contributed by atoms with van der Waals surface area (Å²) in [6.45, 7) is 4.28. The van der Waals surface area contributed by atoms with Crippen LogP contribution >= 0.6 is 11.3 Å². The number of imidazole rings is 1. The second-order valence-corrected chi connectivity index (χ2v) is 8.56. The van der Waals surface area contributed by atoms with Gasteiger partial charge < -0.3 is 9.47 Å². The lowest BCUT2D eigenvalue weighted by Crippen LogP contribution is -2.38. The third kappa shape index (κ3) is 4.64. The number of hydrogen-bond acceptors (Lipinski definition) is 8. The average molecular weight is 460 g/mol. The molecule has 5 rings (SSSR count). The number of morpholine rings is 1. The van der Waals surface area contributed by atoms with Crippen LogP contribution in [0, 0.1) is 11.3 Å². The summed E-state index contributed by atoms with van der Waals surface area (Å²) in [5.41, 5.74) is 3.82. The van der Waals surface area contributed by atoms with Crippen molar-refractivity contribution in [1.82, 2.24) is 19.5 Å². The molecule has 0 atom stereocenters. The lowest BCUT2D eigenvalue weighted by Gasteiger charge is -2.26. The van der Waals surface area contributed by atoms with Crippen molar-refractivity contribution in [3.8, 4) is 27.9 Å². The molecule has 0 N–H and O–H groups in total. The van der Waals surface area contributed by atoms with Gasteiger partial charge in [-0.25, -0.2) is 14.3 Å². The minimum Gasteiger partial charge on any atom is -0.461 e. The molecule has 0 bridgehead atoms. The summed E-state index contributed by atoms with van der Waals surface area (Å²) in [5.74, 6) is -0.327. The Morgan fingerprint density at radius 1 is 1.09 bits per heavy atom. The van der Waals surface area contributed by atoms with Crippen LogP contribution in [-0.4, -0.2) is 64.9 Å². The van der Waals surface area contributed by atoms with Crippen LogP contribution in [0.5, 0.6) is 0 Å². The van der Waals surface area contributed by atoms with E-state index < -0.39 is 0 Å². The SMILES string of the molecule is N#Cc1ccc(-c2cnc3sc(-c4ccc(C(=O)OCCN5CCOCC5)cc4)nn23)cc1. The van der Waals surface area contributed by atoms with E-state index in [0.717, 1.165) is 53.1 Å². The molecule has 8 nitrogen and oxygen atoms in total. The molecule has 1 saturated heterocycles. The van der Waals surface area contributed by atoms with Gasteiger partial charge >= 0.3 is 5.97 Å². The number of hydrogen-bond donors (Lipinski definition) is 0. The van der Waals surface area contributed by atoms with Crippen LogP contribution in [0.3, 0.4) is 0 Å². The standard InChI is InChI=1S/C24H21N5O3S/c25-15-17-1-3-18(4-2-17)21-16-26-24-29(21)27-22(33-24)19-5-7-20(8-6-19)23(30)32-14-11-28-9-12-31-13-10-28/h1-8,16H,9-14H2. The van der Waals surface area contributed by atoms with E-state index in [1.165, 1.54) is 11.3 Å². The van der Waals surface area contributed by atoms with Crippen molar-refractivity contribution in [1.29, 1.82) is 5.26 Å². The van der Waals surface area contributed by atoms with Crippen LogP contribution in [0.1, 0.15) is 15.9 Å². The number of ether oxygens (including phenoxy) is 2. The molecular formula is C24H21N5O3S. The number of carbonyl (C=O) groups excluding carboxylic acids is 1. The number of rotatable bonds is 6. The van der Waals surface area contributed by atoms with Crippen LogP contribution < -0.4 is 0 Å². The summed E-state index contributed by atoms with van der Waals surface area (Å²) >= 11 is 1.47. The number of esters is 1. The number of carbonyl (C=O) groups is 1. The number of nitriles is 1. The highest BCUT2D eigenvalue weighted by molar-refractivity contribution is 7.19. The first-order valence-corrected chi connectivity index (χ1v) is 11.5. The van der Waals surface area contributed by atoms with Crippen LogP contribution in [0.25, 0.3) is 26.8 Å². The fourth-order valence-electron chi connectivity index (χ4n) is 3.65. The highest BCUT2D eigenvalue weighted by atomic mass is 32.1. The zero-order chi connectivity index (χ0) is 22.6. The van der Waals surface area contributed by atoms with Gasteiger partial charge in [0, 0.05) is 30.8 Å². The Balaban J connectivity index is 1.26. The average Bonchev–Trinajstić information content (AvgIpc) is 3.46. The molecule has 0 aliphatic carbocycles. The molecule has 0 spiro atoms. The van der Waals surface area contributed by atoms with Gasteiger partial charge in [0.2, 0.25) is 4.96 Å². The van der Waals surface area contributed by atoms with E-state index >= 15 is 0 Å². The highest BCUT2D eigenvalue weighted by Crippen LogP contribution is 2.29. The summed E-state index contributed by atoms with van der Waals surface area (Å²) in [7, 11) is 0. The second-order valence-electron chi connectivity index (χ2n) is 7.60. The molecule has 33 heavy (non-hydrogen) atoms. The second kappa shape index (κ2) is 9.50. The zero-order valence-electron chi connectivity index (χ0n) is 17.8. The normalized spacial score (nSPS) is 14.3. The summed E-state index contributed by atoms with van der Waals surface area (Å²) in [6, 6.07) is 16.7. The maximum Gasteiger partial charge on any atom is 0.338 e. The van der Waals surface area contributed by atoms with E-state index in [1.807, 2.05) is 24.3 Å². The van der Waals surface area contributed by atoms with Crippen LogP contribution in [0.4, 0.5) is 0 Å². The Hall–Kier alpha value is -3.58. The molecule has 1 aliphatic rings. The fraction of sp³-hybridized carbons (Fsp3) is 0.250. The first-order chi connectivity index (χ1) is 16.2. The molecule has 0 unspecified atom stereocenters. The van der Waals surface area contributed by atoms with E-state index in [0.29, 0.717) is 24.3 Å². The van der Waals surface area contributed by atoms with Crippen LogP contribution in [0.2, 0.25) is 0 Å². The first kappa shape index (κ1) is 21.3. The van der Waals surface area contributed by atoms with Gasteiger partial charge in [0.25, 0.3) is 0 Å². The topological polar surface area (TPSA) is 92.8 Å². The maximum atomic E-state index is 12.4. The third-order valence-electron chi connectivity index (χ3n) is 5.51. The summed E-state index contributed by atoms with van der Waals surface area (Å²) in [4.78, 5) is 19.8. The fourth-order valence-corrected chi connectivity index (χ4v) is 4.53. The van der Waals surface area contributed by atoms with Crippen molar-refractivity contribution in [2.45, 2.75) is 0 Å². The molecule has 0 saturated carbocycles. The number of benzene rings is 2. The zero-order valence-corrected chi connectivity index (χ0v) is 18.6. The Morgan fingerprint density at radius 3 is 2.55 bits per heavy atom. The third-order valence-corrected chi connectivity index (χ3v) is 6.48. The van der Waals surface area contributed by atoms with Crippen molar-refractivity contribution in [2.24, 2.45) is 0 Å². The Morgan fingerprint density at radius 2 is 1.82 bits per heavy atom. The molecule has 0 amide bonds. The van der Waals surface area contributed by atoms with Crippen molar-refractivity contribution < 1.29 is 14.3 Å². The van der Waals surface area contributed by atoms with Crippen molar-refractivity contribution in [2.75, 3.05) is 39.5 Å². The van der Waals surface area contributed by atoms with Gasteiger partial charge in [-0.1, -0.05) is 35.6 Å². The van der Waals surface area contributed by atoms with Crippen LogP contribution in [-0.2, 0) is 9.47 Å².